The maximum Gasteiger partial charge on any atom is 0.276 e. The molecule has 0 N–H and O–H groups in total. The van der Waals surface area contributed by atoms with E-state index in [2.05, 4.69) is 0 Å². The van der Waals surface area contributed by atoms with E-state index in [1.165, 1.54) is 13.2 Å². The van der Waals surface area contributed by atoms with E-state index in [0.29, 0.717) is 24.6 Å². The van der Waals surface area contributed by atoms with Crippen molar-refractivity contribution in [3.05, 3.63) is 62.2 Å². The van der Waals surface area contributed by atoms with Crippen LogP contribution in [0.5, 0.6) is 17.2 Å². The summed E-state index contributed by atoms with van der Waals surface area (Å²) in [5.74, 6) is 0.511. The van der Waals surface area contributed by atoms with Crippen LogP contribution in [0.1, 0.15) is 18.4 Å². The number of aryl methyl sites for hydroxylation is 1. The highest BCUT2D eigenvalue weighted by atomic mass is 35.5. The lowest BCUT2D eigenvalue weighted by atomic mass is 10.1. The summed E-state index contributed by atoms with van der Waals surface area (Å²) in [5, 5.41) is 0.295. The van der Waals surface area contributed by atoms with Crippen LogP contribution >= 0.6 is 23.2 Å². The Morgan fingerprint density at radius 3 is 2.41 bits per heavy atom. The monoisotopic (exact) mass is 436 g/mol. The number of methoxy groups -OCH3 is 1. The van der Waals surface area contributed by atoms with E-state index in [1.807, 2.05) is 19.1 Å². The summed E-state index contributed by atoms with van der Waals surface area (Å²) >= 11 is 12.7. The summed E-state index contributed by atoms with van der Waals surface area (Å²) in [4.78, 5) is 12.9. The number of rotatable bonds is 4. The second-order valence-electron chi connectivity index (χ2n) is 6.94. The molecule has 5 nitrogen and oxygen atoms in total. The number of fused-ring (bicyclic) bond motifs is 1. The zero-order valence-corrected chi connectivity index (χ0v) is 17.5. The van der Waals surface area contributed by atoms with Crippen molar-refractivity contribution in [3.63, 3.8) is 0 Å². The Hall–Kier alpha value is -2.44. The molecule has 4 rings (SSSR count). The minimum atomic E-state index is -0.638. The molecule has 2 heterocycles. The fourth-order valence-corrected chi connectivity index (χ4v) is 4.08. The van der Waals surface area contributed by atoms with Crippen molar-refractivity contribution in [1.29, 1.82) is 0 Å². The average Bonchev–Trinajstić information content (AvgIpc) is 2.96. The first kappa shape index (κ1) is 19.9. The van der Waals surface area contributed by atoms with Crippen LogP contribution in [0.15, 0.2) is 35.1 Å². The van der Waals surface area contributed by atoms with Crippen molar-refractivity contribution >= 4 is 23.2 Å². The summed E-state index contributed by atoms with van der Waals surface area (Å²) in [6, 6.07) is 7.96. The molecule has 1 aromatic heterocycles. The van der Waals surface area contributed by atoms with Crippen LogP contribution < -0.4 is 15.0 Å². The highest BCUT2D eigenvalue weighted by molar-refractivity contribution is 6.33. The molecule has 1 aliphatic rings. The molecule has 8 heteroatoms. The lowest BCUT2D eigenvalue weighted by Gasteiger charge is -2.17. The number of halogens is 3. The van der Waals surface area contributed by atoms with Crippen LogP contribution in [-0.2, 0) is 13.1 Å². The SMILES string of the molecule is COc1cc(C)ccc1Oc1cc(-c2c(Cl)n3n(c2=O)CCCC3)c(F)cc1Cl. The van der Waals surface area contributed by atoms with Gasteiger partial charge in [-0.2, -0.15) is 0 Å². The van der Waals surface area contributed by atoms with Gasteiger partial charge in [0.25, 0.3) is 5.56 Å². The van der Waals surface area contributed by atoms with Gasteiger partial charge in [0.1, 0.15) is 16.7 Å². The quantitative estimate of drug-likeness (QED) is 0.529. The highest BCUT2D eigenvalue weighted by Gasteiger charge is 2.25. The van der Waals surface area contributed by atoms with Gasteiger partial charge in [-0.15, -0.1) is 0 Å². The summed E-state index contributed by atoms with van der Waals surface area (Å²) in [6.45, 7) is 3.10. The van der Waals surface area contributed by atoms with Gasteiger partial charge in [-0.05, 0) is 49.6 Å². The summed E-state index contributed by atoms with van der Waals surface area (Å²) in [6.07, 6.45) is 1.79. The molecule has 152 valence electrons. The molecule has 0 spiro atoms. The Bertz CT molecular complexity index is 1150. The van der Waals surface area contributed by atoms with Gasteiger partial charge < -0.3 is 9.47 Å². The lowest BCUT2D eigenvalue weighted by Crippen LogP contribution is -2.27. The van der Waals surface area contributed by atoms with Gasteiger partial charge in [0.2, 0.25) is 0 Å². The predicted octanol–water partition coefficient (Wildman–Crippen LogP) is 5.67. The third-order valence-corrected chi connectivity index (χ3v) is 5.67. The third kappa shape index (κ3) is 3.51. The van der Waals surface area contributed by atoms with E-state index in [-0.39, 0.29) is 32.6 Å². The van der Waals surface area contributed by atoms with Crippen LogP contribution in [0.25, 0.3) is 11.1 Å². The Morgan fingerprint density at radius 1 is 1.00 bits per heavy atom. The number of aromatic nitrogens is 2. The molecule has 1 aliphatic heterocycles. The van der Waals surface area contributed by atoms with Gasteiger partial charge in [-0.25, -0.2) is 9.07 Å². The molecule has 0 atom stereocenters. The van der Waals surface area contributed by atoms with E-state index >= 15 is 0 Å². The molecule has 0 radical (unpaired) electrons. The number of hydrogen-bond acceptors (Lipinski definition) is 3. The molecule has 0 saturated carbocycles. The van der Waals surface area contributed by atoms with E-state index in [4.69, 9.17) is 32.7 Å². The topological polar surface area (TPSA) is 45.4 Å². The first-order valence-corrected chi connectivity index (χ1v) is 9.97. The standard InChI is InChI=1S/C21H19Cl2FN2O3/c1-12-5-6-16(18(9-12)28-2)29-17-10-13(15(24)11-14(17)22)19-20(23)25-7-3-4-8-26(25)21(19)27/h5-6,9-11H,3-4,7-8H2,1-2H3. The zero-order chi connectivity index (χ0) is 20.7. The van der Waals surface area contributed by atoms with Crippen molar-refractivity contribution in [1.82, 2.24) is 9.36 Å². The summed E-state index contributed by atoms with van der Waals surface area (Å²) in [7, 11) is 1.53. The average molecular weight is 437 g/mol. The largest absolute Gasteiger partial charge is 0.493 e. The molecular weight excluding hydrogens is 418 g/mol. The Balaban J connectivity index is 1.82. The second-order valence-corrected chi connectivity index (χ2v) is 7.71. The zero-order valence-electron chi connectivity index (χ0n) is 16.0. The molecular formula is C21H19Cl2FN2O3. The number of nitrogens with zero attached hydrogens (tertiary/aromatic N) is 2. The van der Waals surface area contributed by atoms with Gasteiger partial charge in [-0.3, -0.25) is 9.48 Å². The van der Waals surface area contributed by atoms with Crippen molar-refractivity contribution in [2.75, 3.05) is 7.11 Å². The summed E-state index contributed by atoms with van der Waals surface area (Å²) < 4.78 is 29.3. The normalized spacial score (nSPS) is 13.3. The van der Waals surface area contributed by atoms with Crippen LogP contribution in [0.3, 0.4) is 0 Å². The molecule has 0 aliphatic carbocycles. The Labute approximate surface area is 177 Å². The fraction of sp³-hybridized carbons (Fsp3) is 0.286. The minimum Gasteiger partial charge on any atom is -0.493 e. The Kier molecular flexibility index (Phi) is 5.32. The van der Waals surface area contributed by atoms with Crippen LogP contribution in [-0.4, -0.2) is 16.5 Å². The molecule has 0 bridgehead atoms. The van der Waals surface area contributed by atoms with Gasteiger partial charge in [0.05, 0.1) is 17.7 Å². The van der Waals surface area contributed by atoms with Crippen LogP contribution in [0, 0.1) is 12.7 Å². The predicted molar refractivity (Wildman–Crippen MR) is 111 cm³/mol. The second kappa shape index (κ2) is 7.76. The molecule has 0 amide bonds. The minimum absolute atomic E-state index is 0.0554. The van der Waals surface area contributed by atoms with Crippen molar-refractivity contribution in [3.8, 4) is 28.4 Å². The first-order chi connectivity index (χ1) is 13.9. The molecule has 2 aromatic carbocycles. The molecule has 0 unspecified atom stereocenters. The number of benzene rings is 2. The first-order valence-electron chi connectivity index (χ1n) is 9.21. The van der Waals surface area contributed by atoms with Crippen molar-refractivity contribution in [2.24, 2.45) is 0 Å². The fourth-order valence-electron chi connectivity index (χ4n) is 3.53. The molecule has 0 saturated heterocycles. The van der Waals surface area contributed by atoms with Crippen LogP contribution in [0.4, 0.5) is 4.39 Å². The van der Waals surface area contributed by atoms with E-state index in [1.54, 1.807) is 15.4 Å². The Morgan fingerprint density at radius 2 is 1.72 bits per heavy atom. The van der Waals surface area contributed by atoms with E-state index in [0.717, 1.165) is 24.5 Å². The van der Waals surface area contributed by atoms with Crippen molar-refractivity contribution < 1.29 is 13.9 Å². The van der Waals surface area contributed by atoms with Crippen LogP contribution in [0.2, 0.25) is 10.2 Å². The van der Waals surface area contributed by atoms with E-state index < -0.39 is 5.82 Å². The number of hydrogen-bond donors (Lipinski definition) is 0. The van der Waals surface area contributed by atoms with Gasteiger partial charge in [0.15, 0.2) is 11.5 Å². The molecule has 3 aromatic rings. The van der Waals surface area contributed by atoms with Gasteiger partial charge in [-0.1, -0.05) is 29.3 Å². The van der Waals surface area contributed by atoms with E-state index in [9.17, 15) is 9.18 Å². The summed E-state index contributed by atoms with van der Waals surface area (Å²) in [5.41, 5.74) is 0.845. The lowest BCUT2D eigenvalue weighted by molar-refractivity contribution is 0.356. The smallest absolute Gasteiger partial charge is 0.276 e. The van der Waals surface area contributed by atoms with Gasteiger partial charge in [0, 0.05) is 18.7 Å². The van der Waals surface area contributed by atoms with Crippen molar-refractivity contribution in [2.45, 2.75) is 32.9 Å². The number of ether oxygens (including phenoxy) is 2. The molecule has 29 heavy (non-hydrogen) atoms. The maximum atomic E-state index is 14.8. The molecule has 0 fully saturated rings. The van der Waals surface area contributed by atoms with Gasteiger partial charge >= 0.3 is 0 Å². The third-order valence-electron chi connectivity index (χ3n) is 4.99. The highest BCUT2D eigenvalue weighted by Crippen LogP contribution is 2.40. The maximum absolute atomic E-state index is 14.8.